The van der Waals surface area contributed by atoms with Crippen LogP contribution in [0.2, 0.25) is 0 Å². The predicted molar refractivity (Wildman–Crippen MR) is 93.4 cm³/mol. The van der Waals surface area contributed by atoms with Crippen LogP contribution in [0.5, 0.6) is 0 Å². The zero-order valence-electron chi connectivity index (χ0n) is 14.2. The number of amides is 1. The Morgan fingerprint density at radius 3 is 2.58 bits per heavy atom. The first-order valence-corrected chi connectivity index (χ1v) is 10.1. The molecule has 1 N–H and O–H groups in total. The molecule has 0 saturated carbocycles. The largest absolute Gasteiger partial charge is 0.459 e. The Labute approximate surface area is 142 Å². The molecule has 1 aromatic heterocycles. The molecule has 6 heteroatoms. The van der Waals surface area contributed by atoms with Crippen LogP contribution in [0.25, 0.3) is 11.0 Å². The van der Waals surface area contributed by atoms with E-state index >= 15 is 0 Å². The molecular weight excluding hydrogens is 326 g/mol. The lowest BCUT2D eigenvalue weighted by Crippen LogP contribution is -2.36. The summed E-state index contributed by atoms with van der Waals surface area (Å²) in [5.41, 5.74) is 1.82. The third-order valence-corrected chi connectivity index (χ3v) is 6.50. The summed E-state index contributed by atoms with van der Waals surface area (Å²) in [5.74, 6) is 0.270. The molecule has 0 aliphatic carbocycles. The average molecular weight is 349 g/mol. The molecule has 1 aliphatic heterocycles. The van der Waals surface area contributed by atoms with E-state index in [1.165, 1.54) is 0 Å². The molecule has 2 atom stereocenters. The van der Waals surface area contributed by atoms with Crippen molar-refractivity contribution in [1.29, 1.82) is 0 Å². The SMILES string of the molecule is Cc1c(C(NC(=O)C2CCS(=O)(=O)C2)C(C)C)oc2ccccc12. The van der Waals surface area contributed by atoms with E-state index in [2.05, 4.69) is 5.32 Å². The van der Waals surface area contributed by atoms with Crippen LogP contribution in [0.3, 0.4) is 0 Å². The molecule has 0 spiro atoms. The Morgan fingerprint density at radius 1 is 1.29 bits per heavy atom. The van der Waals surface area contributed by atoms with Gasteiger partial charge in [-0.15, -0.1) is 0 Å². The second-order valence-corrected chi connectivity index (χ2v) is 9.15. The van der Waals surface area contributed by atoms with Gasteiger partial charge in [0.1, 0.15) is 11.3 Å². The van der Waals surface area contributed by atoms with Gasteiger partial charge in [0.25, 0.3) is 0 Å². The number of furan rings is 1. The van der Waals surface area contributed by atoms with Gasteiger partial charge >= 0.3 is 0 Å². The van der Waals surface area contributed by atoms with Crippen LogP contribution >= 0.6 is 0 Å². The monoisotopic (exact) mass is 349 g/mol. The molecule has 1 saturated heterocycles. The van der Waals surface area contributed by atoms with Gasteiger partial charge in [-0.05, 0) is 25.3 Å². The predicted octanol–water partition coefficient (Wildman–Crippen LogP) is 2.99. The zero-order chi connectivity index (χ0) is 17.5. The van der Waals surface area contributed by atoms with Crippen molar-refractivity contribution in [3.8, 4) is 0 Å². The van der Waals surface area contributed by atoms with Crippen molar-refractivity contribution < 1.29 is 17.6 Å². The highest BCUT2D eigenvalue weighted by Crippen LogP contribution is 2.33. The Hall–Kier alpha value is -1.82. The first-order valence-electron chi connectivity index (χ1n) is 8.27. The van der Waals surface area contributed by atoms with Gasteiger partial charge in [-0.1, -0.05) is 32.0 Å². The molecule has 0 bridgehead atoms. The number of hydrogen-bond acceptors (Lipinski definition) is 4. The quantitative estimate of drug-likeness (QED) is 0.920. The minimum atomic E-state index is -3.07. The van der Waals surface area contributed by atoms with Gasteiger partial charge in [0.15, 0.2) is 9.84 Å². The molecule has 1 aromatic carbocycles. The van der Waals surface area contributed by atoms with E-state index in [1.807, 2.05) is 45.0 Å². The maximum absolute atomic E-state index is 12.5. The van der Waals surface area contributed by atoms with Gasteiger partial charge in [-0.3, -0.25) is 4.79 Å². The number of aryl methyl sites for hydroxylation is 1. The van der Waals surface area contributed by atoms with Crippen molar-refractivity contribution >= 4 is 26.7 Å². The van der Waals surface area contributed by atoms with Gasteiger partial charge in [-0.2, -0.15) is 0 Å². The van der Waals surface area contributed by atoms with E-state index in [0.717, 1.165) is 22.3 Å². The Balaban J connectivity index is 1.87. The van der Waals surface area contributed by atoms with Gasteiger partial charge in [0.2, 0.25) is 5.91 Å². The van der Waals surface area contributed by atoms with Crippen molar-refractivity contribution in [3.63, 3.8) is 0 Å². The highest BCUT2D eigenvalue weighted by molar-refractivity contribution is 7.91. The zero-order valence-corrected chi connectivity index (χ0v) is 15.0. The number of fused-ring (bicyclic) bond motifs is 1. The topological polar surface area (TPSA) is 76.4 Å². The van der Waals surface area contributed by atoms with Crippen LogP contribution in [-0.2, 0) is 14.6 Å². The van der Waals surface area contributed by atoms with E-state index < -0.39 is 15.8 Å². The number of para-hydroxylation sites is 1. The van der Waals surface area contributed by atoms with Crippen molar-refractivity contribution in [2.45, 2.75) is 33.2 Å². The molecule has 2 unspecified atom stereocenters. The van der Waals surface area contributed by atoms with Crippen LogP contribution in [0.4, 0.5) is 0 Å². The molecule has 2 heterocycles. The molecular formula is C18H23NO4S. The molecule has 3 rings (SSSR count). The number of benzene rings is 1. The van der Waals surface area contributed by atoms with Gasteiger partial charge in [0.05, 0.1) is 23.5 Å². The fraction of sp³-hybridized carbons (Fsp3) is 0.500. The lowest BCUT2D eigenvalue weighted by molar-refractivity contribution is -0.125. The molecule has 2 aromatic rings. The van der Waals surface area contributed by atoms with Crippen molar-refractivity contribution in [2.75, 3.05) is 11.5 Å². The summed E-state index contributed by atoms with van der Waals surface area (Å²) in [4.78, 5) is 12.5. The summed E-state index contributed by atoms with van der Waals surface area (Å²) >= 11 is 0. The smallest absolute Gasteiger partial charge is 0.224 e. The second-order valence-electron chi connectivity index (χ2n) is 6.92. The minimum absolute atomic E-state index is 0.0528. The Bertz CT molecular complexity index is 866. The molecule has 1 aliphatic rings. The molecule has 1 amide bonds. The number of hydrogen-bond donors (Lipinski definition) is 1. The summed E-state index contributed by atoms with van der Waals surface area (Å²) in [5, 5.41) is 4.05. The van der Waals surface area contributed by atoms with Gasteiger partial charge < -0.3 is 9.73 Å². The molecule has 130 valence electrons. The fourth-order valence-corrected chi connectivity index (χ4v) is 5.04. The number of rotatable bonds is 4. The van der Waals surface area contributed by atoms with Gasteiger partial charge in [-0.25, -0.2) is 8.42 Å². The summed E-state index contributed by atoms with van der Waals surface area (Å²) in [6.07, 6.45) is 0.401. The molecule has 0 radical (unpaired) electrons. The lowest BCUT2D eigenvalue weighted by Gasteiger charge is -2.23. The van der Waals surface area contributed by atoms with Crippen LogP contribution < -0.4 is 5.32 Å². The number of sulfone groups is 1. The maximum atomic E-state index is 12.5. The maximum Gasteiger partial charge on any atom is 0.224 e. The average Bonchev–Trinajstić information content (AvgIpc) is 3.05. The summed E-state index contributed by atoms with van der Waals surface area (Å²) in [7, 11) is -3.07. The summed E-state index contributed by atoms with van der Waals surface area (Å²) in [6, 6.07) is 7.52. The minimum Gasteiger partial charge on any atom is -0.459 e. The van der Waals surface area contributed by atoms with Crippen LogP contribution in [0.15, 0.2) is 28.7 Å². The van der Waals surface area contributed by atoms with E-state index in [-0.39, 0.29) is 29.4 Å². The molecule has 1 fully saturated rings. The third-order valence-electron chi connectivity index (χ3n) is 4.73. The first-order chi connectivity index (χ1) is 11.3. The summed E-state index contributed by atoms with van der Waals surface area (Å²) < 4.78 is 29.2. The van der Waals surface area contributed by atoms with Crippen LogP contribution in [-0.4, -0.2) is 25.8 Å². The Kier molecular flexibility index (Phi) is 4.42. The number of carbonyl (C=O) groups excluding carboxylic acids is 1. The van der Waals surface area contributed by atoms with Crippen LogP contribution in [0.1, 0.15) is 37.6 Å². The first kappa shape index (κ1) is 17.0. The van der Waals surface area contributed by atoms with E-state index in [9.17, 15) is 13.2 Å². The van der Waals surface area contributed by atoms with Crippen molar-refractivity contribution in [3.05, 3.63) is 35.6 Å². The van der Waals surface area contributed by atoms with Crippen molar-refractivity contribution in [1.82, 2.24) is 5.32 Å². The standard InChI is InChI=1S/C18H23NO4S/c1-11(2)16(19-18(20)13-8-9-24(21,22)10-13)17-12(3)14-6-4-5-7-15(14)23-17/h4-7,11,13,16H,8-10H2,1-3H3,(H,19,20). The second kappa shape index (κ2) is 6.24. The third kappa shape index (κ3) is 3.20. The van der Waals surface area contributed by atoms with E-state index in [0.29, 0.717) is 6.42 Å². The summed E-state index contributed by atoms with van der Waals surface area (Å²) in [6.45, 7) is 6.02. The normalized spacial score (nSPS) is 21.2. The Morgan fingerprint density at radius 2 is 2.00 bits per heavy atom. The highest BCUT2D eigenvalue weighted by atomic mass is 32.2. The lowest BCUT2D eigenvalue weighted by atomic mass is 9.97. The fourth-order valence-electron chi connectivity index (χ4n) is 3.30. The van der Waals surface area contributed by atoms with Gasteiger partial charge in [0, 0.05) is 10.9 Å². The molecule has 24 heavy (non-hydrogen) atoms. The van der Waals surface area contributed by atoms with Crippen LogP contribution in [0, 0.1) is 18.8 Å². The number of nitrogens with one attached hydrogen (secondary N) is 1. The van der Waals surface area contributed by atoms with E-state index in [1.54, 1.807) is 0 Å². The number of carbonyl (C=O) groups is 1. The van der Waals surface area contributed by atoms with Crippen molar-refractivity contribution in [2.24, 2.45) is 11.8 Å². The molecule has 5 nitrogen and oxygen atoms in total. The van der Waals surface area contributed by atoms with E-state index in [4.69, 9.17) is 4.42 Å². The highest BCUT2D eigenvalue weighted by Gasteiger charge is 2.35.